The van der Waals surface area contributed by atoms with Crippen molar-refractivity contribution in [2.45, 2.75) is 32.6 Å². The summed E-state index contributed by atoms with van der Waals surface area (Å²) in [6.07, 6.45) is 3.85. The second-order valence-electron chi connectivity index (χ2n) is 5.37. The summed E-state index contributed by atoms with van der Waals surface area (Å²) in [6.45, 7) is 2.19. The van der Waals surface area contributed by atoms with Crippen LogP contribution in [0.3, 0.4) is 0 Å². The maximum absolute atomic E-state index is 12.1. The van der Waals surface area contributed by atoms with E-state index in [0.29, 0.717) is 6.42 Å². The lowest BCUT2D eigenvalue weighted by Crippen LogP contribution is -2.14. The summed E-state index contributed by atoms with van der Waals surface area (Å²) in [5, 5.41) is 2.93. The second-order valence-corrected chi connectivity index (χ2v) is 5.37. The lowest BCUT2D eigenvalue weighted by atomic mass is 10.1. The molecule has 0 bridgehead atoms. The van der Waals surface area contributed by atoms with Crippen molar-refractivity contribution in [3.63, 3.8) is 0 Å². The summed E-state index contributed by atoms with van der Waals surface area (Å²) in [6, 6.07) is 15.7. The van der Waals surface area contributed by atoms with Gasteiger partial charge in [-0.15, -0.1) is 0 Å². The van der Waals surface area contributed by atoms with Crippen LogP contribution < -0.4 is 10.1 Å². The summed E-state index contributed by atoms with van der Waals surface area (Å²) in [5.74, 6) is 0.790. The Kier molecular flexibility index (Phi) is 6.01. The topological polar surface area (TPSA) is 38.3 Å². The SMILES string of the molecule is CCCCc1ccc(NC(=O)Cc2ccc(OC)cc2)cc1. The van der Waals surface area contributed by atoms with Crippen molar-refractivity contribution in [3.8, 4) is 5.75 Å². The fourth-order valence-electron chi connectivity index (χ4n) is 2.27. The zero-order chi connectivity index (χ0) is 15.8. The van der Waals surface area contributed by atoms with Gasteiger partial charge in [0.2, 0.25) is 5.91 Å². The fraction of sp³-hybridized carbons (Fsp3) is 0.316. The van der Waals surface area contributed by atoms with Crippen molar-refractivity contribution in [3.05, 3.63) is 59.7 Å². The number of carbonyl (C=O) groups excluding carboxylic acids is 1. The van der Waals surface area contributed by atoms with E-state index in [1.807, 2.05) is 36.4 Å². The first-order chi connectivity index (χ1) is 10.7. The minimum Gasteiger partial charge on any atom is -0.497 e. The molecule has 0 aliphatic rings. The molecule has 0 radical (unpaired) electrons. The second kappa shape index (κ2) is 8.23. The van der Waals surface area contributed by atoms with E-state index in [2.05, 4.69) is 24.4 Å². The van der Waals surface area contributed by atoms with Crippen LogP contribution in [0.25, 0.3) is 0 Å². The molecule has 0 spiro atoms. The number of benzene rings is 2. The number of unbranched alkanes of at least 4 members (excludes halogenated alkanes) is 1. The van der Waals surface area contributed by atoms with E-state index in [9.17, 15) is 4.79 Å². The van der Waals surface area contributed by atoms with Gasteiger partial charge in [-0.05, 0) is 48.2 Å². The molecule has 0 aliphatic carbocycles. The number of rotatable bonds is 7. The molecule has 2 aromatic rings. The van der Waals surface area contributed by atoms with E-state index in [4.69, 9.17) is 4.74 Å². The highest BCUT2D eigenvalue weighted by atomic mass is 16.5. The van der Waals surface area contributed by atoms with Gasteiger partial charge in [-0.25, -0.2) is 0 Å². The molecule has 0 saturated carbocycles. The Morgan fingerprint density at radius 1 is 1.00 bits per heavy atom. The first-order valence-corrected chi connectivity index (χ1v) is 7.73. The van der Waals surface area contributed by atoms with Gasteiger partial charge in [0, 0.05) is 5.69 Å². The van der Waals surface area contributed by atoms with Gasteiger partial charge in [0.05, 0.1) is 13.5 Å². The summed E-state index contributed by atoms with van der Waals surface area (Å²) in [7, 11) is 1.63. The van der Waals surface area contributed by atoms with Gasteiger partial charge in [0.25, 0.3) is 0 Å². The molecular weight excluding hydrogens is 274 g/mol. The van der Waals surface area contributed by atoms with Gasteiger partial charge < -0.3 is 10.1 Å². The molecule has 2 rings (SSSR count). The lowest BCUT2D eigenvalue weighted by molar-refractivity contribution is -0.115. The Bertz CT molecular complexity index is 588. The molecule has 0 unspecified atom stereocenters. The van der Waals surface area contributed by atoms with E-state index in [1.165, 1.54) is 18.4 Å². The van der Waals surface area contributed by atoms with Crippen LogP contribution in [-0.4, -0.2) is 13.0 Å². The lowest BCUT2D eigenvalue weighted by Gasteiger charge is -2.07. The van der Waals surface area contributed by atoms with Crippen LogP contribution in [0.2, 0.25) is 0 Å². The first kappa shape index (κ1) is 16.1. The van der Waals surface area contributed by atoms with Crippen LogP contribution in [0.4, 0.5) is 5.69 Å². The first-order valence-electron chi connectivity index (χ1n) is 7.73. The largest absolute Gasteiger partial charge is 0.497 e. The number of nitrogens with one attached hydrogen (secondary N) is 1. The molecule has 116 valence electrons. The smallest absolute Gasteiger partial charge is 0.228 e. The van der Waals surface area contributed by atoms with Crippen LogP contribution in [0.15, 0.2) is 48.5 Å². The van der Waals surface area contributed by atoms with Gasteiger partial charge in [-0.1, -0.05) is 37.6 Å². The third kappa shape index (κ3) is 4.92. The van der Waals surface area contributed by atoms with E-state index in [0.717, 1.165) is 23.4 Å². The van der Waals surface area contributed by atoms with Crippen molar-refractivity contribution in [2.75, 3.05) is 12.4 Å². The number of hydrogen-bond donors (Lipinski definition) is 1. The van der Waals surface area contributed by atoms with Crippen molar-refractivity contribution in [1.29, 1.82) is 0 Å². The predicted molar refractivity (Wildman–Crippen MR) is 90.4 cm³/mol. The third-order valence-electron chi connectivity index (χ3n) is 3.58. The van der Waals surface area contributed by atoms with Gasteiger partial charge >= 0.3 is 0 Å². The minimum atomic E-state index is -0.00789. The quantitative estimate of drug-likeness (QED) is 0.831. The Morgan fingerprint density at radius 3 is 2.23 bits per heavy atom. The Balaban J connectivity index is 1.88. The minimum absolute atomic E-state index is 0.00789. The van der Waals surface area contributed by atoms with Crippen LogP contribution in [-0.2, 0) is 17.6 Å². The van der Waals surface area contributed by atoms with E-state index < -0.39 is 0 Å². The zero-order valence-electron chi connectivity index (χ0n) is 13.3. The van der Waals surface area contributed by atoms with Gasteiger partial charge in [0.1, 0.15) is 5.75 Å². The molecule has 0 aliphatic heterocycles. The Labute approximate surface area is 132 Å². The fourth-order valence-corrected chi connectivity index (χ4v) is 2.27. The molecule has 1 N–H and O–H groups in total. The third-order valence-corrected chi connectivity index (χ3v) is 3.58. The Hall–Kier alpha value is -2.29. The number of amides is 1. The maximum atomic E-state index is 12.1. The highest BCUT2D eigenvalue weighted by Gasteiger charge is 2.04. The van der Waals surface area contributed by atoms with Crippen LogP contribution >= 0.6 is 0 Å². The van der Waals surface area contributed by atoms with Gasteiger partial charge in [-0.3, -0.25) is 4.79 Å². The van der Waals surface area contributed by atoms with Crippen molar-refractivity contribution < 1.29 is 9.53 Å². The molecule has 3 nitrogen and oxygen atoms in total. The highest BCUT2D eigenvalue weighted by Crippen LogP contribution is 2.14. The molecule has 2 aromatic carbocycles. The molecule has 22 heavy (non-hydrogen) atoms. The number of ether oxygens (including phenoxy) is 1. The van der Waals surface area contributed by atoms with Crippen LogP contribution in [0.1, 0.15) is 30.9 Å². The molecule has 0 atom stereocenters. The van der Waals surface area contributed by atoms with E-state index in [-0.39, 0.29) is 5.91 Å². The van der Waals surface area contributed by atoms with Crippen LogP contribution in [0.5, 0.6) is 5.75 Å². The van der Waals surface area contributed by atoms with Crippen molar-refractivity contribution in [1.82, 2.24) is 0 Å². The van der Waals surface area contributed by atoms with Crippen molar-refractivity contribution in [2.24, 2.45) is 0 Å². The molecule has 1 amide bonds. The monoisotopic (exact) mass is 297 g/mol. The predicted octanol–water partition coefficient (Wildman–Crippen LogP) is 4.22. The van der Waals surface area contributed by atoms with Gasteiger partial charge in [0.15, 0.2) is 0 Å². The van der Waals surface area contributed by atoms with E-state index in [1.54, 1.807) is 7.11 Å². The molecule has 0 saturated heterocycles. The molecule has 3 heteroatoms. The summed E-state index contributed by atoms with van der Waals surface area (Å²) < 4.78 is 5.11. The Morgan fingerprint density at radius 2 is 1.64 bits per heavy atom. The number of hydrogen-bond acceptors (Lipinski definition) is 2. The molecule has 0 fully saturated rings. The summed E-state index contributed by atoms with van der Waals surface area (Å²) in [5.41, 5.74) is 3.13. The maximum Gasteiger partial charge on any atom is 0.228 e. The molecular formula is C19H23NO2. The number of anilines is 1. The average molecular weight is 297 g/mol. The standard InChI is InChI=1S/C19H23NO2/c1-3-4-5-15-6-10-17(11-7-15)20-19(21)14-16-8-12-18(22-2)13-9-16/h6-13H,3-5,14H2,1-2H3,(H,20,21). The van der Waals surface area contributed by atoms with Crippen molar-refractivity contribution >= 4 is 11.6 Å². The summed E-state index contributed by atoms with van der Waals surface area (Å²) in [4.78, 5) is 12.1. The number of methoxy groups -OCH3 is 1. The molecule has 0 heterocycles. The number of aryl methyl sites for hydroxylation is 1. The van der Waals surface area contributed by atoms with E-state index >= 15 is 0 Å². The normalized spacial score (nSPS) is 10.3. The number of carbonyl (C=O) groups is 1. The highest BCUT2D eigenvalue weighted by molar-refractivity contribution is 5.92. The molecule has 0 aromatic heterocycles. The van der Waals surface area contributed by atoms with Gasteiger partial charge in [-0.2, -0.15) is 0 Å². The summed E-state index contributed by atoms with van der Waals surface area (Å²) >= 11 is 0. The zero-order valence-corrected chi connectivity index (χ0v) is 13.3. The average Bonchev–Trinajstić information content (AvgIpc) is 2.55. The van der Waals surface area contributed by atoms with Crippen LogP contribution in [0, 0.1) is 0 Å².